The van der Waals surface area contributed by atoms with E-state index in [1.54, 1.807) is 46.8 Å². The first-order chi connectivity index (χ1) is 18.2. The van der Waals surface area contributed by atoms with Crippen molar-refractivity contribution < 1.29 is 4.74 Å². The zero-order valence-electron chi connectivity index (χ0n) is 21.7. The van der Waals surface area contributed by atoms with Gasteiger partial charge in [0.2, 0.25) is 11.2 Å². The molecule has 5 aromatic rings. The van der Waals surface area contributed by atoms with Crippen LogP contribution in [0.2, 0.25) is 5.28 Å². The summed E-state index contributed by atoms with van der Waals surface area (Å²) in [5.74, 6) is 1.23. The van der Waals surface area contributed by atoms with Crippen molar-refractivity contribution in [3.63, 3.8) is 0 Å². The lowest BCUT2D eigenvalue weighted by Gasteiger charge is -2.13. The van der Waals surface area contributed by atoms with E-state index in [2.05, 4.69) is 25.3 Å². The molecule has 0 fully saturated rings. The highest BCUT2D eigenvalue weighted by Crippen LogP contribution is 2.20. The number of methoxy groups -OCH3 is 1. The van der Waals surface area contributed by atoms with Crippen LogP contribution in [0.4, 0.5) is 11.6 Å². The molecular weight excluding hydrogens is 506 g/mol. The van der Waals surface area contributed by atoms with E-state index in [9.17, 15) is 9.59 Å². The molecule has 0 radical (unpaired) electrons. The molecule has 0 saturated carbocycles. The summed E-state index contributed by atoms with van der Waals surface area (Å²) in [4.78, 5) is 40.5. The molecule has 4 aromatic heterocycles. The van der Waals surface area contributed by atoms with Gasteiger partial charge < -0.3 is 10.1 Å². The van der Waals surface area contributed by atoms with Crippen LogP contribution in [0, 0.1) is 0 Å². The molecule has 1 aromatic carbocycles. The molecule has 5 rings (SSSR count). The molecule has 38 heavy (non-hydrogen) atoms. The standard InChI is InChI=1S/C17H18N4O2.C10H10ClN3O/c1-11(2)21-15(22)9-4-12-10-18-17(20-16(12)21)19-13-5-7-14(23-3)8-6-13;1-6(2)14-8(15)4-3-7-5-12-10(11)13-9(7)14/h4-11H,1-3H3,(H,18,19,20);3-6H,1-2H3. The second-order valence-corrected chi connectivity index (χ2v) is 9.35. The average molecular weight is 534 g/mol. The summed E-state index contributed by atoms with van der Waals surface area (Å²) in [5, 5.41) is 4.94. The van der Waals surface area contributed by atoms with Gasteiger partial charge in [0.15, 0.2) is 0 Å². The van der Waals surface area contributed by atoms with Crippen LogP contribution >= 0.6 is 11.6 Å². The number of benzene rings is 1. The van der Waals surface area contributed by atoms with Crippen molar-refractivity contribution in [1.82, 2.24) is 29.1 Å². The Kier molecular flexibility index (Phi) is 8.02. The molecule has 0 spiro atoms. The van der Waals surface area contributed by atoms with Gasteiger partial charge in [0.1, 0.15) is 17.0 Å². The summed E-state index contributed by atoms with van der Waals surface area (Å²) in [6.45, 7) is 7.77. The SMILES string of the molecule is CC(C)n1c(=O)ccc2cnc(Cl)nc21.COc1ccc(Nc2ncc3ccc(=O)n(C(C)C)c3n2)cc1. The van der Waals surface area contributed by atoms with Crippen molar-refractivity contribution in [2.75, 3.05) is 12.4 Å². The average Bonchev–Trinajstić information content (AvgIpc) is 2.88. The molecule has 10 nitrogen and oxygen atoms in total. The molecule has 0 aliphatic carbocycles. The smallest absolute Gasteiger partial charge is 0.252 e. The highest BCUT2D eigenvalue weighted by molar-refractivity contribution is 6.28. The highest BCUT2D eigenvalue weighted by Gasteiger charge is 2.10. The zero-order chi connectivity index (χ0) is 27.4. The first kappa shape index (κ1) is 26.7. The van der Waals surface area contributed by atoms with Gasteiger partial charge >= 0.3 is 0 Å². The third-order valence-corrected chi connectivity index (χ3v) is 5.87. The van der Waals surface area contributed by atoms with E-state index in [0.717, 1.165) is 22.2 Å². The fourth-order valence-electron chi connectivity index (χ4n) is 3.92. The van der Waals surface area contributed by atoms with Crippen LogP contribution in [0.15, 0.2) is 70.5 Å². The minimum absolute atomic E-state index is 0.0231. The molecule has 0 saturated heterocycles. The first-order valence-electron chi connectivity index (χ1n) is 12.0. The number of halogens is 1. The van der Waals surface area contributed by atoms with Crippen LogP contribution in [0.25, 0.3) is 22.1 Å². The fraction of sp³-hybridized carbons (Fsp3) is 0.259. The highest BCUT2D eigenvalue weighted by atomic mass is 35.5. The molecule has 196 valence electrons. The minimum Gasteiger partial charge on any atom is -0.497 e. The normalized spacial score (nSPS) is 11.1. The van der Waals surface area contributed by atoms with E-state index in [4.69, 9.17) is 16.3 Å². The molecule has 11 heteroatoms. The summed E-state index contributed by atoms with van der Waals surface area (Å²) in [5.41, 5.74) is 1.91. The van der Waals surface area contributed by atoms with Gasteiger partial charge in [0.25, 0.3) is 11.1 Å². The van der Waals surface area contributed by atoms with E-state index >= 15 is 0 Å². The van der Waals surface area contributed by atoms with Crippen LogP contribution in [0.1, 0.15) is 39.8 Å². The van der Waals surface area contributed by atoms with Gasteiger partial charge in [0.05, 0.1) is 7.11 Å². The maximum Gasteiger partial charge on any atom is 0.252 e. The second-order valence-electron chi connectivity index (χ2n) is 9.01. The Morgan fingerprint density at radius 2 is 1.29 bits per heavy atom. The molecule has 1 N–H and O–H groups in total. The Labute approximate surface area is 223 Å². The number of aromatic nitrogens is 6. The van der Waals surface area contributed by atoms with Crippen LogP contribution < -0.4 is 21.2 Å². The van der Waals surface area contributed by atoms with Crippen LogP contribution in [-0.2, 0) is 0 Å². The van der Waals surface area contributed by atoms with Gasteiger partial charge in [-0.1, -0.05) is 0 Å². The number of fused-ring (bicyclic) bond motifs is 2. The van der Waals surface area contributed by atoms with Gasteiger partial charge in [-0.25, -0.2) is 9.97 Å². The van der Waals surface area contributed by atoms with Gasteiger partial charge in [-0.3, -0.25) is 18.7 Å². The Morgan fingerprint density at radius 3 is 1.82 bits per heavy atom. The first-order valence-corrected chi connectivity index (χ1v) is 12.4. The summed E-state index contributed by atoms with van der Waals surface area (Å²) < 4.78 is 8.40. The predicted molar refractivity (Wildman–Crippen MR) is 150 cm³/mol. The van der Waals surface area contributed by atoms with E-state index in [1.165, 1.54) is 6.07 Å². The van der Waals surface area contributed by atoms with Crippen molar-refractivity contribution in [2.45, 2.75) is 39.8 Å². The van der Waals surface area contributed by atoms with Crippen molar-refractivity contribution in [2.24, 2.45) is 0 Å². The quantitative estimate of drug-likeness (QED) is 0.308. The van der Waals surface area contributed by atoms with Crippen LogP contribution in [0.5, 0.6) is 5.75 Å². The third-order valence-electron chi connectivity index (χ3n) is 5.68. The topological polar surface area (TPSA) is 117 Å². The number of nitrogens with one attached hydrogen (secondary N) is 1. The lowest BCUT2D eigenvalue weighted by molar-refractivity contribution is 0.415. The Hall–Kier alpha value is -4.31. The maximum absolute atomic E-state index is 12.1. The van der Waals surface area contributed by atoms with Gasteiger partial charge in [0, 0.05) is 53.1 Å². The third kappa shape index (κ3) is 5.81. The number of anilines is 2. The van der Waals surface area contributed by atoms with Crippen molar-refractivity contribution >= 4 is 45.3 Å². The summed E-state index contributed by atoms with van der Waals surface area (Å²) >= 11 is 5.71. The van der Waals surface area contributed by atoms with Gasteiger partial charge in [-0.15, -0.1) is 0 Å². The number of pyridine rings is 2. The zero-order valence-corrected chi connectivity index (χ0v) is 22.5. The monoisotopic (exact) mass is 533 g/mol. The van der Waals surface area contributed by atoms with Gasteiger partial charge in [-0.2, -0.15) is 9.97 Å². The molecular formula is C27H28ClN7O3. The maximum atomic E-state index is 12.1. The molecule has 0 unspecified atom stereocenters. The van der Waals surface area contributed by atoms with Crippen LogP contribution in [-0.4, -0.2) is 36.2 Å². The molecule has 0 bridgehead atoms. The van der Waals surface area contributed by atoms with Crippen molar-refractivity contribution in [3.8, 4) is 5.75 Å². The Balaban J connectivity index is 0.000000194. The fourth-order valence-corrected chi connectivity index (χ4v) is 4.05. The molecule has 0 amide bonds. The van der Waals surface area contributed by atoms with Gasteiger partial charge in [-0.05, 0) is 75.7 Å². The lowest BCUT2D eigenvalue weighted by Crippen LogP contribution is -2.22. The van der Waals surface area contributed by atoms with E-state index in [-0.39, 0.29) is 28.5 Å². The van der Waals surface area contributed by atoms with E-state index < -0.39 is 0 Å². The van der Waals surface area contributed by atoms with E-state index in [0.29, 0.717) is 17.2 Å². The largest absolute Gasteiger partial charge is 0.497 e. The summed E-state index contributed by atoms with van der Waals surface area (Å²) in [7, 11) is 1.63. The minimum atomic E-state index is -0.0766. The molecule has 0 aliphatic rings. The molecule has 0 atom stereocenters. The molecule has 0 aliphatic heterocycles. The van der Waals surface area contributed by atoms with Crippen LogP contribution in [0.3, 0.4) is 0 Å². The number of hydrogen-bond donors (Lipinski definition) is 1. The second kappa shape index (κ2) is 11.4. The number of rotatable bonds is 5. The van der Waals surface area contributed by atoms with Crippen molar-refractivity contribution in [1.29, 1.82) is 0 Å². The lowest BCUT2D eigenvalue weighted by atomic mass is 10.3. The van der Waals surface area contributed by atoms with Crippen molar-refractivity contribution in [3.05, 3.63) is 86.9 Å². The van der Waals surface area contributed by atoms with E-state index in [1.807, 2.05) is 52.0 Å². The summed E-state index contributed by atoms with van der Waals surface area (Å²) in [6.07, 6.45) is 3.33. The Bertz CT molecular complexity index is 1700. The Morgan fingerprint density at radius 1 is 0.763 bits per heavy atom. The molecule has 4 heterocycles. The predicted octanol–water partition coefficient (Wildman–Crippen LogP) is 5.15. The summed E-state index contributed by atoms with van der Waals surface area (Å²) in [6, 6.07) is 14.0. The number of nitrogens with zero attached hydrogens (tertiary/aromatic N) is 6. The number of ether oxygens (including phenoxy) is 1. The number of hydrogen-bond acceptors (Lipinski definition) is 8.